The minimum atomic E-state index is -0.0628. The molecule has 6 atom stereocenters. The first-order valence-electron chi connectivity index (χ1n) is 8.85. The van der Waals surface area contributed by atoms with E-state index in [1.54, 1.807) is 6.08 Å². The number of allylic oxidation sites excluding steroid dienone is 4. The number of carbonyl (C=O) groups excluding carboxylic acids is 2. The van der Waals surface area contributed by atoms with Gasteiger partial charge in [0.25, 0.3) is 0 Å². The molecule has 0 aromatic rings. The van der Waals surface area contributed by atoms with Crippen LogP contribution in [0.4, 0.5) is 0 Å². The average Bonchev–Trinajstić information content (AvgIpc) is 2.77. The SMILES string of the molecule is CC1C[C@@H]2C(CC[C@]3(C)C(=O)CCC23)[C@@]2(C)C=CC(=O)C=C12. The summed E-state index contributed by atoms with van der Waals surface area (Å²) < 4.78 is 0. The van der Waals surface area contributed by atoms with E-state index in [0.29, 0.717) is 29.5 Å². The maximum Gasteiger partial charge on any atom is 0.178 e. The molecule has 3 saturated carbocycles. The van der Waals surface area contributed by atoms with Crippen LogP contribution in [-0.2, 0) is 9.59 Å². The van der Waals surface area contributed by atoms with Gasteiger partial charge in [-0.05, 0) is 61.5 Å². The Hall–Kier alpha value is -1.18. The molecule has 0 spiro atoms. The Morgan fingerprint density at radius 1 is 1.14 bits per heavy atom. The summed E-state index contributed by atoms with van der Waals surface area (Å²) in [7, 11) is 0. The van der Waals surface area contributed by atoms with Crippen molar-refractivity contribution in [2.75, 3.05) is 0 Å². The highest BCUT2D eigenvalue weighted by atomic mass is 16.1. The molecule has 3 fully saturated rings. The van der Waals surface area contributed by atoms with Crippen LogP contribution >= 0.6 is 0 Å². The van der Waals surface area contributed by atoms with Crippen molar-refractivity contribution in [2.24, 2.45) is 34.5 Å². The number of ketones is 2. The maximum atomic E-state index is 12.4. The number of Topliss-reactive ketones (excluding diaryl/α,β-unsaturated/α-hetero) is 1. The summed E-state index contributed by atoms with van der Waals surface area (Å²) in [4.78, 5) is 24.3. The van der Waals surface area contributed by atoms with Gasteiger partial charge in [-0.25, -0.2) is 0 Å². The molecular weight excluding hydrogens is 272 g/mol. The summed E-state index contributed by atoms with van der Waals surface area (Å²) >= 11 is 0. The summed E-state index contributed by atoms with van der Waals surface area (Å²) in [5.41, 5.74) is 1.31. The quantitative estimate of drug-likeness (QED) is 0.674. The highest BCUT2D eigenvalue weighted by Gasteiger charge is 2.59. The van der Waals surface area contributed by atoms with Crippen LogP contribution in [0.1, 0.15) is 52.9 Å². The molecule has 4 rings (SSSR count). The molecule has 0 aromatic heterocycles. The molecule has 3 unspecified atom stereocenters. The molecule has 0 N–H and O–H groups in total. The van der Waals surface area contributed by atoms with Gasteiger partial charge in [-0.1, -0.05) is 32.4 Å². The van der Waals surface area contributed by atoms with E-state index >= 15 is 0 Å². The van der Waals surface area contributed by atoms with Crippen LogP contribution in [0.3, 0.4) is 0 Å². The fourth-order valence-corrected chi connectivity index (χ4v) is 6.39. The zero-order valence-electron chi connectivity index (χ0n) is 13.9. The second-order valence-corrected chi connectivity index (χ2v) is 8.55. The van der Waals surface area contributed by atoms with E-state index in [-0.39, 0.29) is 16.6 Å². The monoisotopic (exact) mass is 298 g/mol. The minimum Gasteiger partial charge on any atom is -0.299 e. The molecule has 0 radical (unpaired) electrons. The minimum absolute atomic E-state index is 0.0310. The Morgan fingerprint density at radius 2 is 1.91 bits per heavy atom. The van der Waals surface area contributed by atoms with Crippen LogP contribution in [0, 0.1) is 34.5 Å². The number of hydrogen-bond acceptors (Lipinski definition) is 2. The molecule has 22 heavy (non-hydrogen) atoms. The Morgan fingerprint density at radius 3 is 2.68 bits per heavy atom. The average molecular weight is 298 g/mol. The third kappa shape index (κ3) is 1.67. The zero-order chi connectivity index (χ0) is 15.7. The number of rotatable bonds is 0. The molecule has 0 saturated heterocycles. The van der Waals surface area contributed by atoms with Crippen molar-refractivity contribution >= 4 is 11.6 Å². The lowest BCUT2D eigenvalue weighted by atomic mass is 9.47. The highest BCUT2D eigenvalue weighted by molar-refractivity contribution is 6.01. The summed E-state index contributed by atoms with van der Waals surface area (Å²) in [5.74, 6) is 2.91. The van der Waals surface area contributed by atoms with Crippen LogP contribution in [0.25, 0.3) is 0 Å². The van der Waals surface area contributed by atoms with E-state index in [2.05, 4.69) is 26.8 Å². The molecule has 118 valence electrons. The molecule has 4 aliphatic carbocycles. The Kier molecular flexibility index (Phi) is 2.90. The fourth-order valence-electron chi connectivity index (χ4n) is 6.39. The van der Waals surface area contributed by atoms with E-state index < -0.39 is 0 Å². The van der Waals surface area contributed by atoms with Crippen LogP contribution in [0.5, 0.6) is 0 Å². The molecular formula is C20H26O2. The van der Waals surface area contributed by atoms with Gasteiger partial charge >= 0.3 is 0 Å². The first kappa shape index (κ1) is 14.4. The second-order valence-electron chi connectivity index (χ2n) is 8.55. The maximum absolute atomic E-state index is 12.4. The van der Waals surface area contributed by atoms with Crippen molar-refractivity contribution in [3.63, 3.8) is 0 Å². The van der Waals surface area contributed by atoms with Gasteiger partial charge in [-0.2, -0.15) is 0 Å². The van der Waals surface area contributed by atoms with E-state index in [1.807, 2.05) is 6.08 Å². The molecule has 4 aliphatic rings. The van der Waals surface area contributed by atoms with Gasteiger partial charge in [0, 0.05) is 17.3 Å². The molecule has 0 heterocycles. The van der Waals surface area contributed by atoms with E-state index in [1.165, 1.54) is 5.57 Å². The van der Waals surface area contributed by atoms with Crippen LogP contribution in [0.15, 0.2) is 23.8 Å². The van der Waals surface area contributed by atoms with Gasteiger partial charge in [0.05, 0.1) is 0 Å². The van der Waals surface area contributed by atoms with Gasteiger partial charge in [0.2, 0.25) is 0 Å². The first-order valence-corrected chi connectivity index (χ1v) is 8.85. The standard InChI is InChI=1S/C20H26O2/c1-12-10-14-15-4-5-18(22)20(15,3)9-7-16(14)19(2)8-6-13(21)11-17(12)19/h6,8,11-12,14-16H,4-5,7,9-10H2,1-3H3/t12?,14-,15?,16?,19+,20-/m0/s1. The largest absolute Gasteiger partial charge is 0.299 e. The van der Waals surface area contributed by atoms with Gasteiger partial charge in [0.15, 0.2) is 5.78 Å². The van der Waals surface area contributed by atoms with Crippen molar-refractivity contribution in [3.8, 4) is 0 Å². The van der Waals surface area contributed by atoms with Crippen molar-refractivity contribution in [1.82, 2.24) is 0 Å². The van der Waals surface area contributed by atoms with Crippen molar-refractivity contribution in [1.29, 1.82) is 0 Å². The summed E-state index contributed by atoms with van der Waals surface area (Å²) in [6.07, 6.45) is 11.0. The Balaban J connectivity index is 1.76. The lowest BCUT2D eigenvalue weighted by Gasteiger charge is -2.57. The summed E-state index contributed by atoms with van der Waals surface area (Å²) in [6.45, 7) is 6.83. The predicted molar refractivity (Wildman–Crippen MR) is 86.2 cm³/mol. The zero-order valence-corrected chi connectivity index (χ0v) is 13.9. The Labute approximate surface area is 133 Å². The van der Waals surface area contributed by atoms with E-state index in [0.717, 1.165) is 32.1 Å². The smallest absolute Gasteiger partial charge is 0.178 e. The van der Waals surface area contributed by atoms with Gasteiger partial charge in [-0.15, -0.1) is 0 Å². The number of carbonyl (C=O) groups is 2. The van der Waals surface area contributed by atoms with Crippen LogP contribution in [0.2, 0.25) is 0 Å². The molecule has 0 bridgehead atoms. The molecule has 2 nitrogen and oxygen atoms in total. The molecule has 0 aromatic carbocycles. The number of hydrogen-bond donors (Lipinski definition) is 0. The lowest BCUT2D eigenvalue weighted by Crippen LogP contribution is -2.51. The van der Waals surface area contributed by atoms with Crippen molar-refractivity contribution in [2.45, 2.75) is 52.9 Å². The van der Waals surface area contributed by atoms with Crippen molar-refractivity contribution < 1.29 is 9.59 Å². The predicted octanol–water partition coefficient (Wildman–Crippen LogP) is 4.11. The number of fused-ring (bicyclic) bond motifs is 5. The second kappa shape index (κ2) is 4.43. The van der Waals surface area contributed by atoms with Gasteiger partial charge < -0.3 is 0 Å². The first-order chi connectivity index (χ1) is 10.4. The third-order valence-electron chi connectivity index (χ3n) is 7.59. The lowest BCUT2D eigenvalue weighted by molar-refractivity contribution is -0.132. The molecule has 0 amide bonds. The van der Waals surface area contributed by atoms with Crippen LogP contribution in [-0.4, -0.2) is 11.6 Å². The normalized spacial score (nSPS) is 50.2. The van der Waals surface area contributed by atoms with Crippen LogP contribution < -0.4 is 0 Å². The third-order valence-corrected chi connectivity index (χ3v) is 7.59. The van der Waals surface area contributed by atoms with Gasteiger partial charge in [-0.3, -0.25) is 9.59 Å². The van der Waals surface area contributed by atoms with Crippen molar-refractivity contribution in [3.05, 3.63) is 23.8 Å². The summed E-state index contributed by atoms with van der Waals surface area (Å²) in [6, 6.07) is 0. The fraction of sp³-hybridized carbons (Fsp3) is 0.700. The molecule has 2 heteroatoms. The Bertz CT molecular complexity index is 613. The topological polar surface area (TPSA) is 34.1 Å². The highest BCUT2D eigenvalue weighted by Crippen LogP contribution is 2.64. The molecule has 0 aliphatic heterocycles. The van der Waals surface area contributed by atoms with E-state index in [4.69, 9.17) is 0 Å². The van der Waals surface area contributed by atoms with E-state index in [9.17, 15) is 9.59 Å². The summed E-state index contributed by atoms with van der Waals surface area (Å²) in [5, 5.41) is 0. The van der Waals surface area contributed by atoms with Gasteiger partial charge in [0.1, 0.15) is 5.78 Å².